The van der Waals surface area contributed by atoms with Crippen LogP contribution in [0.3, 0.4) is 0 Å². The number of aromatic nitrogens is 2. The van der Waals surface area contributed by atoms with Gasteiger partial charge >= 0.3 is 0 Å². The first kappa shape index (κ1) is 12.1. The van der Waals surface area contributed by atoms with Crippen molar-refractivity contribution in [3.05, 3.63) is 35.2 Å². The third kappa shape index (κ3) is 3.05. The fraction of sp³-hybridized carbons (Fsp3) is 0.333. The Balaban J connectivity index is 2.16. The lowest BCUT2D eigenvalue weighted by molar-refractivity contribution is -0.700. The Bertz CT molecular complexity index is 496. The van der Waals surface area contributed by atoms with Gasteiger partial charge in [0.2, 0.25) is 5.89 Å². The van der Waals surface area contributed by atoms with Crippen LogP contribution in [0.4, 0.5) is 0 Å². The van der Waals surface area contributed by atoms with Crippen molar-refractivity contribution in [1.29, 1.82) is 0 Å². The minimum atomic E-state index is 0.475. The molecule has 0 aliphatic rings. The number of nitrogens with zero attached hydrogens (tertiary/aromatic N) is 2. The second kappa shape index (κ2) is 5.29. The number of benzene rings is 1. The largest absolute Gasteiger partial charge is 0.415 e. The highest BCUT2D eigenvalue weighted by atomic mass is 35.5. The monoisotopic (exact) mass is 252 g/mol. The van der Waals surface area contributed by atoms with Crippen LogP contribution in [0.5, 0.6) is 0 Å². The maximum Gasteiger partial charge on any atom is 0.271 e. The van der Waals surface area contributed by atoms with Gasteiger partial charge in [-0.2, -0.15) is 0 Å². The molecule has 0 fully saturated rings. The van der Waals surface area contributed by atoms with Gasteiger partial charge in [-0.1, -0.05) is 23.7 Å². The molecule has 2 aromatic rings. The Morgan fingerprint density at radius 2 is 2.06 bits per heavy atom. The van der Waals surface area contributed by atoms with Crippen molar-refractivity contribution < 1.29 is 9.73 Å². The van der Waals surface area contributed by atoms with Gasteiger partial charge in [0.1, 0.15) is 0 Å². The molecule has 17 heavy (non-hydrogen) atoms. The third-order valence-electron chi connectivity index (χ3n) is 2.33. The molecule has 4 nitrogen and oxygen atoms in total. The third-order valence-corrected chi connectivity index (χ3v) is 2.66. The molecule has 0 saturated carbocycles. The lowest BCUT2D eigenvalue weighted by Gasteiger charge is -2.00. The lowest BCUT2D eigenvalue weighted by Crippen LogP contribution is -2.87. The number of quaternary nitrogens is 1. The van der Waals surface area contributed by atoms with Crippen molar-refractivity contribution >= 4 is 11.6 Å². The van der Waals surface area contributed by atoms with E-state index >= 15 is 0 Å². The van der Waals surface area contributed by atoms with Crippen LogP contribution < -0.4 is 5.32 Å². The summed E-state index contributed by atoms with van der Waals surface area (Å²) in [4.78, 5) is 0. The molecule has 90 valence electrons. The molecule has 0 atom stereocenters. The standard InChI is InChI=1S/C12H14ClN3O/c1-8(2)14-7-11-15-16-12(17-11)9-5-3-4-6-10(9)13/h3-6,8,14H,7H2,1-2H3/p+1. The molecule has 0 spiro atoms. The van der Waals surface area contributed by atoms with E-state index in [1.54, 1.807) is 6.07 Å². The summed E-state index contributed by atoms with van der Waals surface area (Å²) in [7, 11) is 0. The second-order valence-corrected chi connectivity index (χ2v) is 4.57. The second-order valence-electron chi connectivity index (χ2n) is 4.16. The number of hydrogen-bond donors (Lipinski definition) is 1. The maximum absolute atomic E-state index is 6.06. The first-order valence-electron chi connectivity index (χ1n) is 5.57. The fourth-order valence-electron chi connectivity index (χ4n) is 1.42. The van der Waals surface area contributed by atoms with Gasteiger partial charge in [0.25, 0.3) is 5.89 Å². The van der Waals surface area contributed by atoms with Gasteiger partial charge in [0, 0.05) is 0 Å². The van der Waals surface area contributed by atoms with Crippen molar-refractivity contribution in [2.75, 3.05) is 0 Å². The van der Waals surface area contributed by atoms with E-state index < -0.39 is 0 Å². The van der Waals surface area contributed by atoms with Crippen LogP contribution in [0.15, 0.2) is 28.7 Å². The zero-order chi connectivity index (χ0) is 12.3. The molecule has 1 heterocycles. The van der Waals surface area contributed by atoms with Gasteiger partial charge in [-0.05, 0) is 26.0 Å². The molecular weight excluding hydrogens is 238 g/mol. The molecule has 2 N–H and O–H groups in total. The molecule has 0 unspecified atom stereocenters. The molecule has 0 aliphatic carbocycles. The van der Waals surface area contributed by atoms with E-state index in [2.05, 4.69) is 29.4 Å². The first-order valence-corrected chi connectivity index (χ1v) is 5.95. The van der Waals surface area contributed by atoms with Crippen LogP contribution >= 0.6 is 11.6 Å². The summed E-state index contributed by atoms with van der Waals surface area (Å²) in [5.41, 5.74) is 0.775. The summed E-state index contributed by atoms with van der Waals surface area (Å²) in [5, 5.41) is 10.8. The van der Waals surface area contributed by atoms with E-state index in [4.69, 9.17) is 16.0 Å². The number of hydrogen-bond acceptors (Lipinski definition) is 3. The molecule has 5 heteroatoms. The van der Waals surface area contributed by atoms with Crippen LogP contribution in [-0.2, 0) is 6.54 Å². The normalized spacial score (nSPS) is 11.1. The van der Waals surface area contributed by atoms with Crippen molar-refractivity contribution in [3.63, 3.8) is 0 Å². The lowest BCUT2D eigenvalue weighted by atomic mass is 10.2. The summed E-state index contributed by atoms with van der Waals surface area (Å²) >= 11 is 6.06. The fourth-order valence-corrected chi connectivity index (χ4v) is 1.63. The van der Waals surface area contributed by atoms with Crippen LogP contribution in [0.25, 0.3) is 11.5 Å². The predicted octanol–water partition coefficient (Wildman–Crippen LogP) is 1.86. The minimum absolute atomic E-state index is 0.475. The topological polar surface area (TPSA) is 55.5 Å². The SMILES string of the molecule is CC(C)[NH2+]Cc1nnc(-c2ccccc2Cl)o1. The van der Waals surface area contributed by atoms with Gasteiger partial charge in [0.05, 0.1) is 16.6 Å². The highest BCUT2D eigenvalue weighted by molar-refractivity contribution is 6.33. The van der Waals surface area contributed by atoms with Gasteiger partial charge in [-0.25, -0.2) is 0 Å². The molecule has 0 saturated heterocycles. The molecular formula is C12H15ClN3O+. The van der Waals surface area contributed by atoms with Crippen molar-refractivity contribution in [2.24, 2.45) is 0 Å². The Morgan fingerprint density at radius 3 is 2.76 bits per heavy atom. The molecule has 0 amide bonds. The molecule has 2 rings (SSSR count). The molecule has 0 radical (unpaired) electrons. The Kier molecular flexibility index (Phi) is 3.76. The Morgan fingerprint density at radius 1 is 1.29 bits per heavy atom. The molecule has 1 aromatic heterocycles. The highest BCUT2D eigenvalue weighted by Gasteiger charge is 2.12. The molecule has 0 bridgehead atoms. The number of halogens is 1. The minimum Gasteiger partial charge on any atom is -0.415 e. The quantitative estimate of drug-likeness (QED) is 0.904. The van der Waals surface area contributed by atoms with Crippen LogP contribution in [0.2, 0.25) is 5.02 Å². The van der Waals surface area contributed by atoms with E-state index in [1.165, 1.54) is 0 Å². The Labute approximate surface area is 105 Å². The molecule has 0 aliphatic heterocycles. The number of nitrogens with two attached hydrogens (primary N) is 1. The summed E-state index contributed by atoms with van der Waals surface area (Å²) in [6.45, 7) is 4.92. The van der Waals surface area contributed by atoms with Crippen molar-refractivity contribution in [3.8, 4) is 11.5 Å². The van der Waals surface area contributed by atoms with E-state index in [9.17, 15) is 0 Å². The van der Waals surface area contributed by atoms with Gasteiger partial charge in [-0.15, -0.1) is 10.2 Å². The summed E-state index contributed by atoms with van der Waals surface area (Å²) in [6, 6.07) is 7.94. The van der Waals surface area contributed by atoms with Crippen LogP contribution in [0, 0.1) is 0 Å². The maximum atomic E-state index is 6.06. The van der Waals surface area contributed by atoms with E-state index in [1.807, 2.05) is 18.2 Å². The smallest absolute Gasteiger partial charge is 0.271 e. The van der Waals surface area contributed by atoms with Crippen LogP contribution in [-0.4, -0.2) is 16.2 Å². The van der Waals surface area contributed by atoms with Crippen molar-refractivity contribution in [1.82, 2.24) is 10.2 Å². The van der Waals surface area contributed by atoms with Gasteiger partial charge < -0.3 is 9.73 Å². The van der Waals surface area contributed by atoms with Crippen molar-refractivity contribution in [2.45, 2.75) is 26.4 Å². The summed E-state index contributed by atoms with van der Waals surface area (Å²) in [6.07, 6.45) is 0. The van der Waals surface area contributed by atoms with Gasteiger partial charge in [-0.3, -0.25) is 0 Å². The highest BCUT2D eigenvalue weighted by Crippen LogP contribution is 2.25. The molecule has 1 aromatic carbocycles. The summed E-state index contributed by atoms with van der Waals surface area (Å²) in [5.74, 6) is 1.09. The van der Waals surface area contributed by atoms with E-state index in [0.717, 1.165) is 5.56 Å². The zero-order valence-electron chi connectivity index (χ0n) is 9.85. The average molecular weight is 253 g/mol. The zero-order valence-corrected chi connectivity index (χ0v) is 10.6. The van der Waals surface area contributed by atoms with Crippen LogP contribution in [0.1, 0.15) is 19.7 Å². The van der Waals surface area contributed by atoms with E-state index in [0.29, 0.717) is 29.4 Å². The first-order chi connectivity index (χ1) is 8.16. The predicted molar refractivity (Wildman–Crippen MR) is 65.5 cm³/mol. The number of rotatable bonds is 4. The average Bonchev–Trinajstić information content (AvgIpc) is 2.75. The Hall–Kier alpha value is -1.39. The van der Waals surface area contributed by atoms with E-state index in [-0.39, 0.29) is 0 Å². The van der Waals surface area contributed by atoms with Gasteiger partial charge in [0.15, 0.2) is 6.54 Å². The summed E-state index contributed by atoms with van der Waals surface area (Å²) < 4.78 is 5.56.